The molecule has 0 aromatic carbocycles. The van der Waals surface area contributed by atoms with Crippen LogP contribution < -0.4 is 10.6 Å². The molecule has 6 heteroatoms. The van der Waals surface area contributed by atoms with Crippen LogP contribution >= 0.6 is 35.3 Å². The molecule has 2 aromatic rings. The number of aryl methyl sites for hydroxylation is 1. The minimum absolute atomic E-state index is 0. The van der Waals surface area contributed by atoms with Crippen LogP contribution in [0.5, 0.6) is 0 Å². The van der Waals surface area contributed by atoms with Crippen molar-refractivity contribution in [3.63, 3.8) is 0 Å². The lowest BCUT2D eigenvalue weighted by molar-refractivity contribution is 0.700. The summed E-state index contributed by atoms with van der Waals surface area (Å²) in [4.78, 5) is 4.25. The van der Waals surface area contributed by atoms with Crippen LogP contribution in [0.1, 0.15) is 24.0 Å². The number of aromatic nitrogens is 1. The Morgan fingerprint density at radius 3 is 2.76 bits per heavy atom. The Bertz CT molecular complexity index is 548. The molecule has 2 aromatic heterocycles. The number of nitrogens with zero attached hydrogens (tertiary/aromatic N) is 2. The van der Waals surface area contributed by atoms with Crippen molar-refractivity contribution in [1.29, 1.82) is 0 Å². The van der Waals surface area contributed by atoms with Crippen molar-refractivity contribution in [2.45, 2.75) is 19.4 Å². The van der Waals surface area contributed by atoms with Crippen molar-refractivity contribution >= 4 is 41.3 Å². The summed E-state index contributed by atoms with van der Waals surface area (Å²) < 4.78 is 2.05. The van der Waals surface area contributed by atoms with Crippen LogP contribution in [0, 0.1) is 0 Å². The average molecular weight is 418 g/mol. The molecular weight excluding hydrogens is 395 g/mol. The first-order valence-electron chi connectivity index (χ1n) is 6.76. The molecule has 21 heavy (non-hydrogen) atoms. The van der Waals surface area contributed by atoms with Crippen LogP contribution in [0.2, 0.25) is 0 Å². The maximum atomic E-state index is 4.25. The summed E-state index contributed by atoms with van der Waals surface area (Å²) in [6.07, 6.45) is 4.15. The number of nitrogens with one attached hydrogen (secondary N) is 2. The van der Waals surface area contributed by atoms with Gasteiger partial charge < -0.3 is 15.2 Å². The van der Waals surface area contributed by atoms with Gasteiger partial charge in [0, 0.05) is 39.6 Å². The highest BCUT2D eigenvalue weighted by atomic mass is 127. The predicted octanol–water partition coefficient (Wildman–Crippen LogP) is 3.17. The zero-order valence-corrected chi connectivity index (χ0v) is 15.8. The molecule has 0 fully saturated rings. The van der Waals surface area contributed by atoms with Crippen LogP contribution in [-0.2, 0) is 13.6 Å². The fourth-order valence-electron chi connectivity index (χ4n) is 1.99. The van der Waals surface area contributed by atoms with Crippen LogP contribution in [0.4, 0.5) is 0 Å². The number of hydrogen-bond donors (Lipinski definition) is 2. The summed E-state index contributed by atoms with van der Waals surface area (Å²) in [6, 6.07) is 4.28. The average Bonchev–Trinajstić information content (AvgIpc) is 3.10. The lowest BCUT2D eigenvalue weighted by Crippen LogP contribution is -2.38. The minimum Gasteiger partial charge on any atom is -0.357 e. The Kier molecular flexibility index (Phi) is 7.81. The third kappa shape index (κ3) is 5.70. The van der Waals surface area contributed by atoms with Crippen molar-refractivity contribution < 1.29 is 0 Å². The third-order valence-corrected chi connectivity index (χ3v) is 3.97. The lowest BCUT2D eigenvalue weighted by atomic mass is 10.1. The minimum atomic E-state index is 0. The molecule has 0 spiro atoms. The highest BCUT2D eigenvalue weighted by molar-refractivity contribution is 14.0. The Hall–Kier alpha value is -1.02. The van der Waals surface area contributed by atoms with Gasteiger partial charge in [-0.15, -0.1) is 24.0 Å². The van der Waals surface area contributed by atoms with Crippen molar-refractivity contribution in [1.82, 2.24) is 15.2 Å². The number of guanidine groups is 1. The SMILES string of the molecule is CN=C(NCc1ccn(C)c1)NCC(C)c1ccsc1.I. The van der Waals surface area contributed by atoms with Gasteiger partial charge in [0.1, 0.15) is 0 Å². The van der Waals surface area contributed by atoms with E-state index in [2.05, 4.69) is 51.6 Å². The topological polar surface area (TPSA) is 41.4 Å². The van der Waals surface area contributed by atoms with Gasteiger partial charge >= 0.3 is 0 Å². The van der Waals surface area contributed by atoms with Crippen LogP contribution in [0.3, 0.4) is 0 Å². The molecule has 0 saturated heterocycles. The summed E-state index contributed by atoms with van der Waals surface area (Å²) in [5.74, 6) is 1.33. The zero-order chi connectivity index (χ0) is 14.4. The van der Waals surface area contributed by atoms with Gasteiger partial charge in [-0.25, -0.2) is 0 Å². The first kappa shape index (κ1) is 18.0. The molecule has 4 nitrogen and oxygen atoms in total. The first-order chi connectivity index (χ1) is 9.69. The van der Waals surface area contributed by atoms with Gasteiger partial charge in [-0.05, 0) is 39.9 Å². The van der Waals surface area contributed by atoms with Crippen molar-refractivity contribution in [2.75, 3.05) is 13.6 Å². The van der Waals surface area contributed by atoms with Crippen LogP contribution in [0.25, 0.3) is 0 Å². The van der Waals surface area contributed by atoms with Crippen LogP contribution in [-0.4, -0.2) is 24.1 Å². The molecule has 116 valence electrons. The number of hydrogen-bond acceptors (Lipinski definition) is 2. The van der Waals surface area contributed by atoms with Crippen molar-refractivity contribution in [2.24, 2.45) is 12.0 Å². The maximum Gasteiger partial charge on any atom is 0.191 e. The summed E-state index contributed by atoms with van der Waals surface area (Å²) in [5, 5.41) is 11.0. The van der Waals surface area contributed by atoms with Gasteiger partial charge in [-0.3, -0.25) is 4.99 Å². The molecule has 0 aliphatic carbocycles. The molecule has 0 bridgehead atoms. The highest BCUT2D eigenvalue weighted by Gasteiger charge is 2.07. The summed E-state index contributed by atoms with van der Waals surface area (Å²) >= 11 is 1.74. The van der Waals surface area contributed by atoms with Gasteiger partial charge in [-0.2, -0.15) is 11.3 Å². The molecule has 0 radical (unpaired) electrons. The molecule has 0 saturated carbocycles. The summed E-state index contributed by atoms with van der Waals surface area (Å²) in [6.45, 7) is 3.89. The van der Waals surface area contributed by atoms with Gasteiger partial charge in [0.15, 0.2) is 5.96 Å². The van der Waals surface area contributed by atoms with E-state index in [1.807, 2.05) is 17.8 Å². The molecule has 2 N–H and O–H groups in total. The standard InChI is InChI=1S/C15H22N4S.HI/c1-12(14-5-7-20-11-14)8-17-15(16-2)18-9-13-4-6-19(3)10-13;/h4-7,10-12H,8-9H2,1-3H3,(H2,16,17,18);1H. The highest BCUT2D eigenvalue weighted by Crippen LogP contribution is 2.16. The van der Waals surface area contributed by atoms with E-state index in [9.17, 15) is 0 Å². The van der Waals surface area contributed by atoms with Gasteiger partial charge in [-0.1, -0.05) is 6.92 Å². The van der Waals surface area contributed by atoms with Crippen molar-refractivity contribution in [3.8, 4) is 0 Å². The van der Waals surface area contributed by atoms with E-state index in [0.29, 0.717) is 5.92 Å². The molecule has 0 amide bonds. The summed E-state index contributed by atoms with van der Waals surface area (Å²) in [5.41, 5.74) is 2.63. The van der Waals surface area contributed by atoms with E-state index < -0.39 is 0 Å². The normalized spacial score (nSPS) is 12.6. The van der Waals surface area contributed by atoms with E-state index in [4.69, 9.17) is 0 Å². The second kappa shape index (κ2) is 9.09. The van der Waals surface area contributed by atoms with Gasteiger partial charge in [0.05, 0.1) is 0 Å². The van der Waals surface area contributed by atoms with Gasteiger partial charge in [0.2, 0.25) is 0 Å². The fourth-order valence-corrected chi connectivity index (χ4v) is 2.78. The monoisotopic (exact) mass is 418 g/mol. The Labute approximate surface area is 147 Å². The molecular formula is C15H23IN4S. The largest absolute Gasteiger partial charge is 0.357 e. The van der Waals surface area contributed by atoms with E-state index in [0.717, 1.165) is 19.0 Å². The van der Waals surface area contributed by atoms with Gasteiger partial charge in [0.25, 0.3) is 0 Å². The molecule has 1 unspecified atom stereocenters. The summed E-state index contributed by atoms with van der Waals surface area (Å²) in [7, 11) is 3.83. The maximum absolute atomic E-state index is 4.25. The smallest absolute Gasteiger partial charge is 0.191 e. The third-order valence-electron chi connectivity index (χ3n) is 3.26. The first-order valence-corrected chi connectivity index (χ1v) is 7.70. The Balaban J connectivity index is 0.00000220. The van der Waals surface area contributed by atoms with E-state index in [1.165, 1.54) is 11.1 Å². The Morgan fingerprint density at radius 1 is 1.38 bits per heavy atom. The Morgan fingerprint density at radius 2 is 2.19 bits per heavy atom. The molecule has 0 aliphatic rings. The number of halogens is 1. The molecule has 2 heterocycles. The van der Waals surface area contributed by atoms with E-state index in [-0.39, 0.29) is 24.0 Å². The van der Waals surface area contributed by atoms with Crippen molar-refractivity contribution in [3.05, 3.63) is 46.4 Å². The predicted molar refractivity (Wildman–Crippen MR) is 102 cm³/mol. The lowest BCUT2D eigenvalue weighted by Gasteiger charge is -2.15. The molecule has 1 atom stereocenters. The second-order valence-electron chi connectivity index (χ2n) is 4.95. The number of thiophene rings is 1. The zero-order valence-electron chi connectivity index (χ0n) is 12.7. The van der Waals surface area contributed by atoms with E-state index >= 15 is 0 Å². The number of aliphatic imine (C=N–C) groups is 1. The van der Waals surface area contributed by atoms with Crippen LogP contribution in [0.15, 0.2) is 40.3 Å². The molecule has 0 aliphatic heterocycles. The van der Waals surface area contributed by atoms with E-state index in [1.54, 1.807) is 18.4 Å². The quantitative estimate of drug-likeness (QED) is 0.445. The second-order valence-corrected chi connectivity index (χ2v) is 5.73. The number of rotatable bonds is 5. The fraction of sp³-hybridized carbons (Fsp3) is 0.400. The molecule has 2 rings (SSSR count).